The molecule has 1 aromatic heterocycles. The monoisotopic (exact) mass is 266 g/mol. The summed E-state index contributed by atoms with van der Waals surface area (Å²) in [5, 5.41) is 0. The van der Waals surface area contributed by atoms with Gasteiger partial charge in [0.25, 0.3) is 0 Å². The van der Waals surface area contributed by atoms with Crippen LogP contribution in [0.15, 0.2) is 35.5 Å². The van der Waals surface area contributed by atoms with Gasteiger partial charge < -0.3 is 4.74 Å². The van der Waals surface area contributed by atoms with E-state index >= 15 is 0 Å². The van der Waals surface area contributed by atoms with Crippen molar-refractivity contribution in [3.05, 3.63) is 41.6 Å². The first kappa shape index (κ1) is 12.6. The highest BCUT2D eigenvalue weighted by Crippen LogP contribution is 2.36. The van der Waals surface area contributed by atoms with Gasteiger partial charge in [-0.2, -0.15) is 4.99 Å². The Hall–Kier alpha value is -2.45. The van der Waals surface area contributed by atoms with Gasteiger partial charge in [-0.15, -0.1) is 0 Å². The van der Waals surface area contributed by atoms with Crippen molar-refractivity contribution in [1.29, 1.82) is 0 Å². The summed E-state index contributed by atoms with van der Waals surface area (Å²) in [7, 11) is 1.58. The van der Waals surface area contributed by atoms with Crippen LogP contribution < -0.4 is 4.74 Å². The van der Waals surface area contributed by atoms with Crippen molar-refractivity contribution < 1.29 is 9.53 Å². The third-order valence-electron chi connectivity index (χ3n) is 3.63. The van der Waals surface area contributed by atoms with E-state index in [-0.39, 0.29) is 0 Å². The second kappa shape index (κ2) is 5.27. The average Bonchev–Trinajstić information content (AvgIpc) is 2.94. The number of rotatable bonds is 3. The maximum Gasteiger partial charge on any atom is 0.240 e. The lowest BCUT2D eigenvalue weighted by atomic mass is 9.99. The fraction of sp³-hybridized carbons (Fsp3) is 0.250. The number of isocyanates is 1. The first-order chi connectivity index (χ1) is 9.81. The Balaban J connectivity index is 2.18. The van der Waals surface area contributed by atoms with Crippen molar-refractivity contribution in [3.8, 4) is 17.0 Å². The van der Waals surface area contributed by atoms with E-state index in [0.717, 1.165) is 30.4 Å². The first-order valence-electron chi connectivity index (χ1n) is 6.56. The van der Waals surface area contributed by atoms with Crippen LogP contribution in [0.3, 0.4) is 0 Å². The predicted molar refractivity (Wildman–Crippen MR) is 76.0 cm³/mol. The molecule has 3 rings (SSSR count). The molecule has 0 saturated heterocycles. The van der Waals surface area contributed by atoms with Gasteiger partial charge >= 0.3 is 0 Å². The molecule has 1 heterocycles. The first-order valence-corrected chi connectivity index (χ1v) is 6.56. The zero-order valence-corrected chi connectivity index (χ0v) is 11.2. The molecule has 0 fully saturated rings. The minimum absolute atomic E-state index is 0.545. The summed E-state index contributed by atoms with van der Waals surface area (Å²) in [6.07, 6.45) is 6.62. The average molecular weight is 266 g/mol. The van der Waals surface area contributed by atoms with Crippen LogP contribution in [0.25, 0.3) is 11.1 Å². The van der Waals surface area contributed by atoms with E-state index in [1.54, 1.807) is 19.4 Å². The molecule has 2 aromatic rings. The molecular weight excluding hydrogens is 252 g/mol. The Morgan fingerprint density at radius 1 is 1.25 bits per heavy atom. The normalized spacial score (nSPS) is 12.7. The molecular formula is C16H14N2O2. The Labute approximate surface area is 117 Å². The zero-order chi connectivity index (χ0) is 13.9. The fourth-order valence-electron chi connectivity index (χ4n) is 2.67. The number of nitrogens with zero attached hydrogens (tertiary/aromatic N) is 2. The van der Waals surface area contributed by atoms with Crippen molar-refractivity contribution in [3.63, 3.8) is 0 Å². The number of hydrogen-bond donors (Lipinski definition) is 0. The molecule has 0 aliphatic heterocycles. The SMILES string of the molecule is COc1cc(-c2cc3c(cc2N=C=O)CCC3)ccn1. The van der Waals surface area contributed by atoms with E-state index < -0.39 is 0 Å². The summed E-state index contributed by atoms with van der Waals surface area (Å²) in [5.74, 6) is 0.545. The van der Waals surface area contributed by atoms with Gasteiger partial charge in [-0.3, -0.25) is 0 Å². The largest absolute Gasteiger partial charge is 0.481 e. The van der Waals surface area contributed by atoms with Crippen molar-refractivity contribution >= 4 is 11.8 Å². The number of carbonyl (C=O) groups excluding carboxylic acids is 1. The number of methoxy groups -OCH3 is 1. The number of hydrogen-bond acceptors (Lipinski definition) is 4. The third-order valence-corrected chi connectivity index (χ3v) is 3.63. The van der Waals surface area contributed by atoms with E-state index in [0.29, 0.717) is 11.6 Å². The Morgan fingerprint density at radius 3 is 2.80 bits per heavy atom. The summed E-state index contributed by atoms with van der Waals surface area (Å²) < 4.78 is 5.15. The third kappa shape index (κ3) is 2.22. The summed E-state index contributed by atoms with van der Waals surface area (Å²) in [4.78, 5) is 18.6. The molecule has 1 aliphatic rings. The molecule has 0 bridgehead atoms. The molecule has 4 nitrogen and oxygen atoms in total. The van der Waals surface area contributed by atoms with E-state index in [1.807, 2.05) is 18.2 Å². The van der Waals surface area contributed by atoms with E-state index in [4.69, 9.17) is 4.74 Å². The minimum atomic E-state index is 0.545. The van der Waals surface area contributed by atoms with Crippen molar-refractivity contribution in [2.75, 3.05) is 7.11 Å². The van der Waals surface area contributed by atoms with E-state index in [2.05, 4.69) is 16.0 Å². The number of pyridine rings is 1. The molecule has 100 valence electrons. The van der Waals surface area contributed by atoms with E-state index in [1.165, 1.54) is 11.1 Å². The Kier molecular flexibility index (Phi) is 3.32. The van der Waals surface area contributed by atoms with Crippen LogP contribution in [-0.4, -0.2) is 18.2 Å². The molecule has 0 radical (unpaired) electrons. The van der Waals surface area contributed by atoms with Crippen molar-refractivity contribution in [2.45, 2.75) is 19.3 Å². The molecule has 4 heteroatoms. The fourth-order valence-corrected chi connectivity index (χ4v) is 2.67. The van der Waals surface area contributed by atoms with Crippen molar-refractivity contribution in [1.82, 2.24) is 4.98 Å². The Bertz CT molecular complexity index is 704. The molecule has 20 heavy (non-hydrogen) atoms. The van der Waals surface area contributed by atoms with Crippen LogP contribution in [0.5, 0.6) is 5.88 Å². The van der Waals surface area contributed by atoms with Crippen LogP contribution in [0.1, 0.15) is 17.5 Å². The maximum absolute atomic E-state index is 10.7. The van der Waals surface area contributed by atoms with Gasteiger partial charge in [0.2, 0.25) is 12.0 Å². The summed E-state index contributed by atoms with van der Waals surface area (Å²) in [6.45, 7) is 0. The highest BCUT2D eigenvalue weighted by molar-refractivity contribution is 5.79. The second-order valence-electron chi connectivity index (χ2n) is 4.78. The number of ether oxygens (including phenoxy) is 1. The van der Waals surface area contributed by atoms with Crippen LogP contribution in [-0.2, 0) is 17.6 Å². The number of fused-ring (bicyclic) bond motifs is 1. The molecule has 0 spiro atoms. The van der Waals surface area contributed by atoms with Crippen LogP contribution in [0.2, 0.25) is 0 Å². The molecule has 0 N–H and O–H groups in total. The van der Waals surface area contributed by atoms with Gasteiger partial charge in [-0.1, -0.05) is 0 Å². The standard InChI is InChI=1S/C16H14N2O2/c1-20-16-9-13(5-6-17-16)14-7-11-3-2-4-12(11)8-15(14)18-10-19/h5-9H,2-4H2,1H3. The van der Waals surface area contributed by atoms with Gasteiger partial charge in [0.15, 0.2) is 0 Å². The number of aromatic nitrogens is 1. The molecule has 1 aliphatic carbocycles. The Morgan fingerprint density at radius 2 is 2.05 bits per heavy atom. The number of benzene rings is 1. The maximum atomic E-state index is 10.7. The van der Waals surface area contributed by atoms with Gasteiger partial charge in [0.1, 0.15) is 0 Å². The van der Waals surface area contributed by atoms with Crippen LogP contribution in [0, 0.1) is 0 Å². The molecule has 0 atom stereocenters. The summed E-state index contributed by atoms with van der Waals surface area (Å²) >= 11 is 0. The van der Waals surface area contributed by atoms with Crippen LogP contribution >= 0.6 is 0 Å². The zero-order valence-electron chi connectivity index (χ0n) is 11.2. The lowest BCUT2D eigenvalue weighted by Crippen LogP contribution is -1.90. The lowest BCUT2D eigenvalue weighted by molar-refractivity contribution is 0.398. The molecule has 0 amide bonds. The lowest BCUT2D eigenvalue weighted by Gasteiger charge is -2.09. The second-order valence-corrected chi connectivity index (χ2v) is 4.78. The molecule has 0 saturated carbocycles. The smallest absolute Gasteiger partial charge is 0.240 e. The van der Waals surface area contributed by atoms with Gasteiger partial charge in [-0.25, -0.2) is 9.78 Å². The highest BCUT2D eigenvalue weighted by atomic mass is 16.5. The number of aryl methyl sites for hydroxylation is 2. The highest BCUT2D eigenvalue weighted by Gasteiger charge is 2.16. The summed E-state index contributed by atoms with van der Waals surface area (Å²) in [5.41, 5.74) is 5.15. The van der Waals surface area contributed by atoms with Gasteiger partial charge in [0, 0.05) is 17.8 Å². The van der Waals surface area contributed by atoms with Gasteiger partial charge in [0.05, 0.1) is 12.8 Å². The van der Waals surface area contributed by atoms with Crippen molar-refractivity contribution in [2.24, 2.45) is 4.99 Å². The number of aliphatic imine (C=N–C) groups is 1. The van der Waals surface area contributed by atoms with Gasteiger partial charge in [-0.05, 0) is 54.2 Å². The molecule has 1 aromatic carbocycles. The molecule has 0 unspecified atom stereocenters. The predicted octanol–water partition coefficient (Wildman–Crippen LogP) is 3.21. The minimum Gasteiger partial charge on any atom is -0.481 e. The quantitative estimate of drug-likeness (QED) is 0.633. The van der Waals surface area contributed by atoms with E-state index in [9.17, 15) is 4.79 Å². The summed E-state index contributed by atoms with van der Waals surface area (Å²) in [6, 6.07) is 7.85. The van der Waals surface area contributed by atoms with Crippen LogP contribution in [0.4, 0.5) is 5.69 Å². The topological polar surface area (TPSA) is 51.5 Å².